The lowest BCUT2D eigenvalue weighted by molar-refractivity contribution is -0.676. The molecule has 0 spiro atoms. The zero-order valence-electron chi connectivity index (χ0n) is 17.5. The molecular formula is C23H26N3O3S+. The first-order valence-electron chi connectivity index (χ1n) is 10.3. The molecular weight excluding hydrogens is 398 g/mol. The quantitative estimate of drug-likeness (QED) is 0.431. The predicted molar refractivity (Wildman–Crippen MR) is 117 cm³/mol. The lowest BCUT2D eigenvalue weighted by Gasteiger charge is -2.24. The molecule has 156 valence electrons. The minimum atomic E-state index is -0.167. The van der Waals surface area contributed by atoms with Gasteiger partial charge in [0.05, 0.1) is 20.2 Å². The second kappa shape index (κ2) is 7.63. The summed E-state index contributed by atoms with van der Waals surface area (Å²) in [6, 6.07) is 14.0. The minimum Gasteiger partial charge on any atom is -0.497 e. The van der Waals surface area contributed by atoms with Gasteiger partial charge in [0.2, 0.25) is 0 Å². The number of hydrogen-bond donors (Lipinski definition) is 0. The van der Waals surface area contributed by atoms with E-state index in [-0.39, 0.29) is 18.2 Å². The number of amides is 1. The molecule has 2 aromatic carbocycles. The van der Waals surface area contributed by atoms with Crippen LogP contribution in [0.2, 0.25) is 0 Å². The number of methoxy groups -OCH3 is 1. The van der Waals surface area contributed by atoms with E-state index in [1.165, 1.54) is 5.52 Å². The van der Waals surface area contributed by atoms with Crippen LogP contribution in [0, 0.1) is 0 Å². The first kappa shape index (κ1) is 19.5. The highest BCUT2D eigenvalue weighted by atomic mass is 32.2. The third-order valence-electron chi connectivity index (χ3n) is 6.07. The van der Waals surface area contributed by atoms with Crippen molar-refractivity contribution in [3.63, 3.8) is 0 Å². The van der Waals surface area contributed by atoms with Crippen molar-refractivity contribution in [3.8, 4) is 5.75 Å². The van der Waals surface area contributed by atoms with E-state index in [1.54, 1.807) is 7.11 Å². The van der Waals surface area contributed by atoms with Crippen LogP contribution >= 0.6 is 11.8 Å². The zero-order valence-corrected chi connectivity index (χ0v) is 18.3. The van der Waals surface area contributed by atoms with Gasteiger partial charge in [-0.25, -0.2) is 9.13 Å². The van der Waals surface area contributed by atoms with Crippen LogP contribution < -0.4 is 9.30 Å². The van der Waals surface area contributed by atoms with Crippen molar-refractivity contribution in [2.45, 2.75) is 38.9 Å². The van der Waals surface area contributed by atoms with E-state index in [4.69, 9.17) is 9.47 Å². The fourth-order valence-corrected chi connectivity index (χ4v) is 4.91. The van der Waals surface area contributed by atoms with Gasteiger partial charge in [0.15, 0.2) is 17.3 Å². The Labute approximate surface area is 180 Å². The number of fused-ring (bicyclic) bond motifs is 4. The smallest absolute Gasteiger partial charge is 0.277 e. The van der Waals surface area contributed by atoms with Gasteiger partial charge in [-0.3, -0.25) is 9.69 Å². The first-order chi connectivity index (χ1) is 14.7. The summed E-state index contributed by atoms with van der Waals surface area (Å²) in [6.07, 6.45) is 1.95. The van der Waals surface area contributed by atoms with Crippen LogP contribution in [0.15, 0.2) is 42.5 Å². The molecule has 2 aliphatic rings. The molecule has 2 atom stereocenters. The topological polar surface area (TPSA) is 50.9 Å². The zero-order chi connectivity index (χ0) is 20.8. The van der Waals surface area contributed by atoms with E-state index in [9.17, 15) is 4.79 Å². The number of rotatable bonds is 7. The molecule has 2 unspecified atom stereocenters. The number of epoxide rings is 1. The van der Waals surface area contributed by atoms with Crippen LogP contribution in [0.4, 0.5) is 0 Å². The molecule has 0 N–H and O–H groups in total. The maximum absolute atomic E-state index is 13.3. The normalized spacial score (nSPS) is 19.7. The third-order valence-corrected chi connectivity index (χ3v) is 6.66. The van der Waals surface area contributed by atoms with E-state index in [0.717, 1.165) is 47.1 Å². The summed E-state index contributed by atoms with van der Waals surface area (Å²) in [4.78, 5) is 15.2. The van der Waals surface area contributed by atoms with Gasteiger partial charge in [0, 0.05) is 17.4 Å². The average molecular weight is 425 g/mol. The molecule has 3 aromatic rings. The highest BCUT2D eigenvalue weighted by Gasteiger charge is 2.53. The summed E-state index contributed by atoms with van der Waals surface area (Å²) in [5, 5.41) is 0. The Morgan fingerprint density at radius 2 is 2.07 bits per heavy atom. The van der Waals surface area contributed by atoms with Gasteiger partial charge in [-0.15, -0.1) is 0 Å². The highest BCUT2D eigenvalue weighted by molar-refractivity contribution is 7.98. The Bertz CT molecular complexity index is 1130. The van der Waals surface area contributed by atoms with Gasteiger partial charge in [-0.05, 0) is 36.9 Å². The number of thioether (sulfide) groups is 1. The lowest BCUT2D eigenvalue weighted by Crippen LogP contribution is -2.45. The molecule has 0 bridgehead atoms. The third kappa shape index (κ3) is 2.99. The van der Waals surface area contributed by atoms with Crippen molar-refractivity contribution in [1.29, 1.82) is 0 Å². The summed E-state index contributed by atoms with van der Waals surface area (Å²) in [5.41, 5.74) is 4.07. The number of benzene rings is 2. The van der Waals surface area contributed by atoms with E-state index >= 15 is 0 Å². The maximum Gasteiger partial charge on any atom is 0.277 e. The van der Waals surface area contributed by atoms with Crippen LogP contribution in [-0.2, 0) is 24.4 Å². The van der Waals surface area contributed by atoms with Crippen LogP contribution in [0.3, 0.4) is 0 Å². The van der Waals surface area contributed by atoms with Crippen molar-refractivity contribution >= 4 is 28.7 Å². The van der Waals surface area contributed by atoms with Gasteiger partial charge in [-0.2, -0.15) is 11.8 Å². The Hall–Kier alpha value is -2.51. The fourth-order valence-electron chi connectivity index (χ4n) is 4.55. The number of ether oxygens (including phenoxy) is 2. The Kier molecular flexibility index (Phi) is 4.95. The second-order valence-corrected chi connectivity index (χ2v) is 8.61. The Morgan fingerprint density at radius 1 is 1.23 bits per heavy atom. The first-order valence-corrected chi connectivity index (χ1v) is 11.7. The number of aromatic nitrogens is 2. The average Bonchev–Trinajstić information content (AvgIpc) is 3.52. The SMILES string of the molecule is CCn1c(CN2C(=O)c3ccccc3C3OC32)[n+](CCSC)c2ccc(OC)cc21. The molecule has 1 aromatic heterocycles. The predicted octanol–water partition coefficient (Wildman–Crippen LogP) is 3.37. The number of nitrogens with zero attached hydrogens (tertiary/aromatic N) is 3. The van der Waals surface area contributed by atoms with Gasteiger partial charge in [0.25, 0.3) is 11.7 Å². The van der Waals surface area contributed by atoms with Crippen LogP contribution in [0.25, 0.3) is 11.0 Å². The Morgan fingerprint density at radius 3 is 2.83 bits per heavy atom. The molecule has 5 rings (SSSR count). The molecule has 7 heteroatoms. The van der Waals surface area contributed by atoms with Crippen LogP contribution in [0.1, 0.15) is 34.8 Å². The molecule has 1 saturated heterocycles. The number of carbonyl (C=O) groups excluding carboxylic acids is 1. The van der Waals surface area contributed by atoms with Crippen molar-refractivity contribution < 1.29 is 18.8 Å². The largest absolute Gasteiger partial charge is 0.497 e. The van der Waals surface area contributed by atoms with E-state index < -0.39 is 0 Å². The fraction of sp³-hybridized carbons (Fsp3) is 0.391. The lowest BCUT2D eigenvalue weighted by atomic mass is 9.99. The summed E-state index contributed by atoms with van der Waals surface area (Å²) in [6.45, 7) is 4.37. The summed E-state index contributed by atoms with van der Waals surface area (Å²) >= 11 is 1.82. The molecule has 3 heterocycles. The molecule has 1 fully saturated rings. The van der Waals surface area contributed by atoms with Gasteiger partial charge in [0.1, 0.15) is 18.4 Å². The highest BCUT2D eigenvalue weighted by Crippen LogP contribution is 2.47. The number of hydrogen-bond acceptors (Lipinski definition) is 4. The van der Waals surface area contributed by atoms with E-state index in [1.807, 2.05) is 47.0 Å². The van der Waals surface area contributed by atoms with Gasteiger partial charge < -0.3 is 9.47 Å². The molecule has 6 nitrogen and oxygen atoms in total. The summed E-state index contributed by atoms with van der Waals surface area (Å²) in [5.74, 6) is 3.01. The van der Waals surface area contributed by atoms with Crippen LogP contribution in [-0.4, -0.2) is 40.7 Å². The molecule has 0 saturated carbocycles. The number of imidazole rings is 1. The van der Waals surface area contributed by atoms with E-state index in [2.05, 4.69) is 34.4 Å². The molecule has 0 radical (unpaired) electrons. The van der Waals surface area contributed by atoms with E-state index in [0.29, 0.717) is 6.54 Å². The van der Waals surface area contributed by atoms with Crippen LogP contribution in [0.5, 0.6) is 5.75 Å². The van der Waals surface area contributed by atoms with Crippen molar-refractivity contribution in [1.82, 2.24) is 9.47 Å². The van der Waals surface area contributed by atoms with Crippen molar-refractivity contribution in [3.05, 3.63) is 59.4 Å². The standard InChI is InChI=1S/C23H26N3O3S/c1-4-24-19-13-15(28-2)9-10-18(19)25(11-12-30-3)20(24)14-26-22(27)17-8-6-5-7-16(17)21-23(26)29-21/h5-10,13,21,23H,4,11-12,14H2,1-3H3/q+1. The molecule has 0 aliphatic carbocycles. The van der Waals surface area contributed by atoms with Crippen molar-refractivity contribution in [2.24, 2.45) is 0 Å². The van der Waals surface area contributed by atoms with Gasteiger partial charge in [-0.1, -0.05) is 18.2 Å². The maximum atomic E-state index is 13.3. The van der Waals surface area contributed by atoms with Gasteiger partial charge >= 0.3 is 0 Å². The molecule has 1 amide bonds. The monoisotopic (exact) mass is 424 g/mol. The molecule has 30 heavy (non-hydrogen) atoms. The second-order valence-electron chi connectivity index (χ2n) is 7.63. The number of carbonyl (C=O) groups is 1. The summed E-state index contributed by atoms with van der Waals surface area (Å²) in [7, 11) is 1.69. The van der Waals surface area contributed by atoms with Crippen molar-refractivity contribution in [2.75, 3.05) is 19.1 Å². The molecule has 2 aliphatic heterocycles. The number of aryl methyl sites for hydroxylation is 2. The minimum absolute atomic E-state index is 0.00176. The summed E-state index contributed by atoms with van der Waals surface area (Å²) < 4.78 is 16.0. The Balaban J connectivity index is 1.59.